The SMILES string of the molecule is CC(N)CNc1nc2ccc(F)cc2o1. The smallest absolute Gasteiger partial charge is 0.295 e. The van der Waals surface area contributed by atoms with Crippen molar-refractivity contribution in [1.82, 2.24) is 4.98 Å². The van der Waals surface area contributed by atoms with E-state index < -0.39 is 0 Å². The maximum atomic E-state index is 12.8. The summed E-state index contributed by atoms with van der Waals surface area (Å²) in [5.74, 6) is -0.336. The van der Waals surface area contributed by atoms with Crippen molar-refractivity contribution in [1.29, 1.82) is 0 Å². The quantitative estimate of drug-likeness (QED) is 0.808. The van der Waals surface area contributed by atoms with Crippen molar-refractivity contribution in [3.8, 4) is 0 Å². The number of nitrogens with one attached hydrogen (secondary N) is 1. The first-order valence-corrected chi connectivity index (χ1v) is 4.70. The van der Waals surface area contributed by atoms with E-state index in [4.69, 9.17) is 10.2 Å². The Bertz CT molecular complexity index is 467. The van der Waals surface area contributed by atoms with Crippen LogP contribution in [0.25, 0.3) is 11.1 Å². The van der Waals surface area contributed by atoms with Gasteiger partial charge in [-0.05, 0) is 19.1 Å². The molecule has 1 heterocycles. The lowest BCUT2D eigenvalue weighted by molar-refractivity contribution is 0.595. The third-order valence-corrected chi connectivity index (χ3v) is 1.93. The maximum Gasteiger partial charge on any atom is 0.295 e. The number of benzene rings is 1. The Morgan fingerprint density at radius 1 is 1.60 bits per heavy atom. The number of anilines is 1. The van der Waals surface area contributed by atoms with E-state index in [0.717, 1.165) is 0 Å². The van der Waals surface area contributed by atoms with E-state index in [1.807, 2.05) is 6.92 Å². The van der Waals surface area contributed by atoms with E-state index in [-0.39, 0.29) is 11.9 Å². The molecule has 2 aromatic rings. The van der Waals surface area contributed by atoms with Crippen LogP contribution in [0.3, 0.4) is 0 Å². The molecule has 4 nitrogen and oxygen atoms in total. The van der Waals surface area contributed by atoms with Crippen LogP contribution in [0.2, 0.25) is 0 Å². The van der Waals surface area contributed by atoms with Gasteiger partial charge in [-0.1, -0.05) is 0 Å². The van der Waals surface area contributed by atoms with Gasteiger partial charge in [0.25, 0.3) is 6.01 Å². The monoisotopic (exact) mass is 209 g/mol. The highest BCUT2D eigenvalue weighted by Crippen LogP contribution is 2.19. The second-order valence-electron chi connectivity index (χ2n) is 3.49. The summed E-state index contributed by atoms with van der Waals surface area (Å²) >= 11 is 0. The van der Waals surface area contributed by atoms with Gasteiger partial charge in [0, 0.05) is 18.7 Å². The zero-order chi connectivity index (χ0) is 10.8. The predicted molar refractivity (Wildman–Crippen MR) is 56.1 cm³/mol. The van der Waals surface area contributed by atoms with Gasteiger partial charge in [-0.3, -0.25) is 0 Å². The Morgan fingerprint density at radius 3 is 3.13 bits per heavy atom. The third-order valence-electron chi connectivity index (χ3n) is 1.93. The Labute approximate surface area is 86.3 Å². The zero-order valence-corrected chi connectivity index (χ0v) is 8.33. The predicted octanol–water partition coefficient (Wildman–Crippen LogP) is 1.73. The number of oxazole rings is 1. The summed E-state index contributed by atoms with van der Waals surface area (Å²) in [6, 6.07) is 4.61. The molecule has 0 saturated heterocycles. The largest absolute Gasteiger partial charge is 0.423 e. The summed E-state index contributed by atoms with van der Waals surface area (Å²) in [5.41, 5.74) is 6.63. The molecule has 0 saturated carbocycles. The molecular weight excluding hydrogens is 197 g/mol. The molecule has 1 atom stereocenters. The van der Waals surface area contributed by atoms with Gasteiger partial charge in [0.15, 0.2) is 5.58 Å². The Morgan fingerprint density at radius 2 is 2.40 bits per heavy atom. The number of halogens is 1. The first-order valence-electron chi connectivity index (χ1n) is 4.70. The maximum absolute atomic E-state index is 12.8. The van der Waals surface area contributed by atoms with Crippen LogP contribution in [0.5, 0.6) is 0 Å². The Hall–Kier alpha value is -1.62. The summed E-state index contributed by atoms with van der Waals surface area (Å²) in [7, 11) is 0. The number of fused-ring (bicyclic) bond motifs is 1. The van der Waals surface area contributed by atoms with Crippen molar-refractivity contribution in [2.75, 3.05) is 11.9 Å². The summed E-state index contributed by atoms with van der Waals surface area (Å²) < 4.78 is 18.1. The molecule has 15 heavy (non-hydrogen) atoms. The van der Waals surface area contributed by atoms with Crippen molar-refractivity contribution < 1.29 is 8.81 Å². The second-order valence-corrected chi connectivity index (χ2v) is 3.49. The van der Waals surface area contributed by atoms with Crippen LogP contribution in [0, 0.1) is 5.82 Å². The van der Waals surface area contributed by atoms with Crippen LogP contribution >= 0.6 is 0 Å². The van der Waals surface area contributed by atoms with Gasteiger partial charge in [0.2, 0.25) is 0 Å². The molecular formula is C10H12FN3O. The number of rotatable bonds is 3. The summed E-state index contributed by atoms with van der Waals surface area (Å²) in [5, 5.41) is 2.93. The second kappa shape index (κ2) is 3.86. The van der Waals surface area contributed by atoms with Gasteiger partial charge in [0.05, 0.1) is 0 Å². The van der Waals surface area contributed by atoms with Gasteiger partial charge in [-0.2, -0.15) is 4.98 Å². The molecule has 1 unspecified atom stereocenters. The van der Waals surface area contributed by atoms with Crippen LogP contribution < -0.4 is 11.1 Å². The van der Waals surface area contributed by atoms with Crippen LogP contribution in [0.4, 0.5) is 10.4 Å². The van der Waals surface area contributed by atoms with Gasteiger partial charge in [-0.15, -0.1) is 0 Å². The Balaban J connectivity index is 2.23. The minimum atomic E-state index is -0.336. The van der Waals surface area contributed by atoms with Crippen LogP contribution in [0.1, 0.15) is 6.92 Å². The van der Waals surface area contributed by atoms with Crippen LogP contribution in [-0.2, 0) is 0 Å². The topological polar surface area (TPSA) is 64.1 Å². The standard InChI is InChI=1S/C10H12FN3O/c1-6(12)5-13-10-14-8-3-2-7(11)4-9(8)15-10/h2-4,6H,5,12H2,1H3,(H,13,14). The van der Waals surface area contributed by atoms with Crippen molar-refractivity contribution >= 4 is 17.1 Å². The zero-order valence-electron chi connectivity index (χ0n) is 8.33. The number of hydrogen-bond donors (Lipinski definition) is 2. The Kier molecular flexibility index (Phi) is 2.55. The lowest BCUT2D eigenvalue weighted by Gasteiger charge is -2.03. The van der Waals surface area contributed by atoms with E-state index in [1.165, 1.54) is 12.1 Å². The van der Waals surface area contributed by atoms with E-state index in [2.05, 4.69) is 10.3 Å². The number of aromatic nitrogens is 1. The summed E-state index contributed by atoms with van der Waals surface area (Å²) in [4.78, 5) is 4.13. The fourth-order valence-electron chi connectivity index (χ4n) is 1.22. The molecule has 5 heteroatoms. The minimum absolute atomic E-state index is 0.0109. The van der Waals surface area contributed by atoms with E-state index >= 15 is 0 Å². The van der Waals surface area contributed by atoms with Gasteiger partial charge in [0.1, 0.15) is 11.3 Å². The molecule has 1 aromatic carbocycles. The molecule has 0 amide bonds. The molecule has 3 N–H and O–H groups in total. The minimum Gasteiger partial charge on any atom is -0.423 e. The fraction of sp³-hybridized carbons (Fsp3) is 0.300. The summed E-state index contributed by atoms with van der Waals surface area (Å²) in [6.07, 6.45) is 0. The van der Waals surface area contributed by atoms with E-state index in [9.17, 15) is 4.39 Å². The first-order chi connectivity index (χ1) is 7.15. The lowest BCUT2D eigenvalue weighted by atomic mass is 10.3. The van der Waals surface area contributed by atoms with Crippen molar-refractivity contribution in [3.63, 3.8) is 0 Å². The van der Waals surface area contributed by atoms with Gasteiger partial charge in [-0.25, -0.2) is 4.39 Å². The molecule has 0 spiro atoms. The highest BCUT2D eigenvalue weighted by molar-refractivity contribution is 5.74. The average Bonchev–Trinajstić information content (AvgIpc) is 2.56. The van der Waals surface area contributed by atoms with E-state index in [0.29, 0.717) is 23.7 Å². The number of nitrogens with two attached hydrogens (primary N) is 1. The average molecular weight is 209 g/mol. The molecule has 0 aliphatic rings. The first kappa shape index (κ1) is 9.92. The van der Waals surface area contributed by atoms with Crippen LogP contribution in [0.15, 0.2) is 22.6 Å². The molecule has 2 rings (SSSR count). The van der Waals surface area contributed by atoms with Crippen LogP contribution in [-0.4, -0.2) is 17.6 Å². The molecule has 80 valence electrons. The summed E-state index contributed by atoms with van der Waals surface area (Å²) in [6.45, 7) is 2.44. The van der Waals surface area contributed by atoms with Gasteiger partial charge < -0.3 is 15.5 Å². The van der Waals surface area contributed by atoms with E-state index in [1.54, 1.807) is 6.07 Å². The fourth-order valence-corrected chi connectivity index (χ4v) is 1.22. The molecule has 0 bridgehead atoms. The third kappa shape index (κ3) is 2.24. The van der Waals surface area contributed by atoms with Crippen molar-refractivity contribution in [2.45, 2.75) is 13.0 Å². The normalized spacial score (nSPS) is 13.0. The highest BCUT2D eigenvalue weighted by Gasteiger charge is 2.06. The molecule has 0 aliphatic heterocycles. The highest BCUT2D eigenvalue weighted by atomic mass is 19.1. The molecule has 0 fully saturated rings. The van der Waals surface area contributed by atoms with Gasteiger partial charge >= 0.3 is 0 Å². The molecule has 1 aromatic heterocycles. The number of nitrogens with zero attached hydrogens (tertiary/aromatic N) is 1. The number of hydrogen-bond acceptors (Lipinski definition) is 4. The molecule has 0 aliphatic carbocycles. The van der Waals surface area contributed by atoms with Crippen molar-refractivity contribution in [3.05, 3.63) is 24.0 Å². The molecule has 0 radical (unpaired) electrons. The lowest BCUT2D eigenvalue weighted by Crippen LogP contribution is -2.25. The van der Waals surface area contributed by atoms with Crippen molar-refractivity contribution in [2.24, 2.45) is 5.73 Å².